The molecule has 0 bridgehead atoms. The van der Waals surface area contributed by atoms with Crippen LogP contribution in [-0.2, 0) is 11.3 Å². The SMILES string of the molecule is NC(=O)C1(NCc2cccs2)CCCCCC1. The molecule has 0 spiro atoms. The summed E-state index contributed by atoms with van der Waals surface area (Å²) in [6, 6.07) is 4.12. The predicted molar refractivity (Wildman–Crippen MR) is 70.8 cm³/mol. The van der Waals surface area contributed by atoms with Crippen molar-refractivity contribution in [3.8, 4) is 0 Å². The van der Waals surface area contributed by atoms with Crippen molar-refractivity contribution in [2.75, 3.05) is 0 Å². The van der Waals surface area contributed by atoms with E-state index < -0.39 is 5.54 Å². The van der Waals surface area contributed by atoms with Crippen molar-refractivity contribution < 1.29 is 4.79 Å². The van der Waals surface area contributed by atoms with Crippen LogP contribution in [-0.4, -0.2) is 11.4 Å². The molecule has 1 aromatic rings. The molecule has 1 amide bonds. The zero-order chi connectivity index (χ0) is 12.1. The molecule has 0 atom stereocenters. The van der Waals surface area contributed by atoms with Crippen LogP contribution in [0.2, 0.25) is 0 Å². The Labute approximate surface area is 106 Å². The second kappa shape index (κ2) is 5.65. The number of carbonyl (C=O) groups excluding carboxylic acids is 1. The Morgan fingerprint density at radius 3 is 2.59 bits per heavy atom. The van der Waals surface area contributed by atoms with Crippen LogP contribution in [0.15, 0.2) is 17.5 Å². The van der Waals surface area contributed by atoms with Gasteiger partial charge < -0.3 is 5.73 Å². The molecule has 0 unspecified atom stereocenters. The summed E-state index contributed by atoms with van der Waals surface area (Å²) in [5.41, 5.74) is 5.14. The van der Waals surface area contributed by atoms with Gasteiger partial charge in [0.1, 0.15) is 0 Å². The van der Waals surface area contributed by atoms with Gasteiger partial charge in [-0.3, -0.25) is 10.1 Å². The lowest BCUT2D eigenvalue weighted by Crippen LogP contribution is -2.54. The van der Waals surface area contributed by atoms with E-state index in [1.165, 1.54) is 17.7 Å². The van der Waals surface area contributed by atoms with Gasteiger partial charge in [0.25, 0.3) is 0 Å². The van der Waals surface area contributed by atoms with E-state index in [0.29, 0.717) is 0 Å². The average molecular weight is 252 g/mol. The molecule has 17 heavy (non-hydrogen) atoms. The van der Waals surface area contributed by atoms with Gasteiger partial charge in [0.15, 0.2) is 0 Å². The standard InChI is InChI=1S/C13H20N2OS/c14-12(16)13(7-3-1-2-4-8-13)15-10-11-6-5-9-17-11/h5-6,9,15H,1-4,7-8,10H2,(H2,14,16). The van der Waals surface area contributed by atoms with Gasteiger partial charge in [0.2, 0.25) is 5.91 Å². The number of carbonyl (C=O) groups is 1. The Hall–Kier alpha value is -0.870. The van der Waals surface area contributed by atoms with Gasteiger partial charge >= 0.3 is 0 Å². The van der Waals surface area contributed by atoms with Gasteiger partial charge in [-0.2, -0.15) is 0 Å². The Balaban J connectivity index is 2.02. The minimum Gasteiger partial charge on any atom is -0.368 e. The van der Waals surface area contributed by atoms with E-state index in [0.717, 1.165) is 32.2 Å². The average Bonchev–Trinajstić information content (AvgIpc) is 2.71. The number of rotatable bonds is 4. The van der Waals surface area contributed by atoms with Crippen molar-refractivity contribution in [1.82, 2.24) is 5.32 Å². The Morgan fingerprint density at radius 2 is 2.06 bits per heavy atom. The Morgan fingerprint density at radius 1 is 1.35 bits per heavy atom. The van der Waals surface area contributed by atoms with Crippen LogP contribution in [0.5, 0.6) is 0 Å². The summed E-state index contributed by atoms with van der Waals surface area (Å²) >= 11 is 1.71. The maximum absolute atomic E-state index is 11.8. The molecule has 1 aromatic heterocycles. The first-order valence-electron chi connectivity index (χ1n) is 6.30. The molecular weight excluding hydrogens is 232 g/mol. The molecule has 0 saturated heterocycles. The van der Waals surface area contributed by atoms with Crippen LogP contribution in [0.4, 0.5) is 0 Å². The van der Waals surface area contributed by atoms with E-state index in [1.54, 1.807) is 11.3 Å². The van der Waals surface area contributed by atoms with E-state index in [4.69, 9.17) is 5.73 Å². The van der Waals surface area contributed by atoms with E-state index in [2.05, 4.69) is 16.8 Å². The summed E-state index contributed by atoms with van der Waals surface area (Å²) in [7, 11) is 0. The first kappa shape index (κ1) is 12.6. The number of hydrogen-bond acceptors (Lipinski definition) is 3. The molecule has 1 fully saturated rings. The van der Waals surface area contributed by atoms with Gasteiger partial charge in [0.05, 0.1) is 5.54 Å². The highest BCUT2D eigenvalue weighted by Gasteiger charge is 2.36. The van der Waals surface area contributed by atoms with Crippen molar-refractivity contribution >= 4 is 17.2 Å². The van der Waals surface area contributed by atoms with Crippen LogP contribution in [0.1, 0.15) is 43.4 Å². The predicted octanol–water partition coefficient (Wildman–Crippen LogP) is 2.42. The molecule has 2 rings (SSSR count). The highest BCUT2D eigenvalue weighted by Crippen LogP contribution is 2.27. The topological polar surface area (TPSA) is 55.1 Å². The minimum absolute atomic E-state index is 0.184. The normalized spacial score (nSPS) is 19.8. The van der Waals surface area contributed by atoms with Crippen LogP contribution in [0.25, 0.3) is 0 Å². The highest BCUT2D eigenvalue weighted by atomic mass is 32.1. The lowest BCUT2D eigenvalue weighted by Gasteiger charge is -2.30. The second-order valence-corrected chi connectivity index (χ2v) is 5.83. The summed E-state index contributed by atoms with van der Waals surface area (Å²) in [5.74, 6) is -0.184. The molecule has 0 aliphatic heterocycles. The van der Waals surface area contributed by atoms with Crippen molar-refractivity contribution in [2.24, 2.45) is 5.73 Å². The molecule has 1 aliphatic carbocycles. The van der Waals surface area contributed by atoms with Gasteiger partial charge in [-0.05, 0) is 24.3 Å². The zero-order valence-electron chi connectivity index (χ0n) is 10.1. The summed E-state index contributed by atoms with van der Waals surface area (Å²) < 4.78 is 0. The summed E-state index contributed by atoms with van der Waals surface area (Å²) in [4.78, 5) is 13.0. The largest absolute Gasteiger partial charge is 0.368 e. The Kier molecular flexibility index (Phi) is 4.18. The molecule has 0 aromatic carbocycles. The highest BCUT2D eigenvalue weighted by molar-refractivity contribution is 7.09. The molecule has 1 aliphatic rings. The molecule has 1 saturated carbocycles. The quantitative estimate of drug-likeness (QED) is 0.809. The van der Waals surface area contributed by atoms with Crippen molar-refractivity contribution in [2.45, 2.75) is 50.6 Å². The number of nitrogens with one attached hydrogen (secondary N) is 1. The van der Waals surface area contributed by atoms with Crippen LogP contribution < -0.4 is 11.1 Å². The summed E-state index contributed by atoms with van der Waals surface area (Å²) in [5, 5.41) is 5.47. The fraction of sp³-hybridized carbons (Fsp3) is 0.615. The number of amides is 1. The van der Waals surface area contributed by atoms with Gasteiger partial charge in [-0.25, -0.2) is 0 Å². The van der Waals surface area contributed by atoms with Crippen LogP contribution in [0.3, 0.4) is 0 Å². The molecule has 1 heterocycles. The lowest BCUT2D eigenvalue weighted by molar-refractivity contribution is -0.125. The zero-order valence-corrected chi connectivity index (χ0v) is 10.9. The minimum atomic E-state index is -0.472. The van der Waals surface area contributed by atoms with Crippen LogP contribution in [0, 0.1) is 0 Å². The second-order valence-electron chi connectivity index (χ2n) is 4.79. The van der Waals surface area contributed by atoms with Gasteiger partial charge in [-0.1, -0.05) is 31.7 Å². The van der Waals surface area contributed by atoms with E-state index in [9.17, 15) is 4.79 Å². The monoisotopic (exact) mass is 252 g/mol. The third-order valence-electron chi connectivity index (χ3n) is 3.61. The number of primary amides is 1. The first-order chi connectivity index (χ1) is 8.23. The van der Waals surface area contributed by atoms with E-state index in [-0.39, 0.29) is 5.91 Å². The molecule has 3 N–H and O–H groups in total. The van der Waals surface area contributed by atoms with Crippen molar-refractivity contribution in [3.05, 3.63) is 22.4 Å². The fourth-order valence-corrected chi connectivity index (χ4v) is 3.16. The third-order valence-corrected chi connectivity index (χ3v) is 4.49. The van der Waals surface area contributed by atoms with Gasteiger partial charge in [-0.15, -0.1) is 11.3 Å². The molecule has 94 valence electrons. The maximum Gasteiger partial charge on any atom is 0.237 e. The molecule has 4 heteroatoms. The van der Waals surface area contributed by atoms with Gasteiger partial charge in [0, 0.05) is 11.4 Å². The van der Waals surface area contributed by atoms with E-state index >= 15 is 0 Å². The first-order valence-corrected chi connectivity index (χ1v) is 7.18. The lowest BCUT2D eigenvalue weighted by atomic mass is 9.89. The van der Waals surface area contributed by atoms with Crippen molar-refractivity contribution in [1.29, 1.82) is 0 Å². The fourth-order valence-electron chi connectivity index (χ4n) is 2.51. The van der Waals surface area contributed by atoms with Crippen LogP contribution >= 0.6 is 11.3 Å². The molecule has 0 radical (unpaired) electrons. The third kappa shape index (κ3) is 3.07. The number of hydrogen-bond donors (Lipinski definition) is 2. The Bertz CT molecular complexity index is 354. The number of nitrogens with two attached hydrogens (primary N) is 1. The van der Waals surface area contributed by atoms with E-state index in [1.807, 2.05) is 6.07 Å². The summed E-state index contributed by atoms with van der Waals surface area (Å²) in [6.45, 7) is 0.751. The maximum atomic E-state index is 11.8. The number of thiophene rings is 1. The van der Waals surface area contributed by atoms with Crippen molar-refractivity contribution in [3.63, 3.8) is 0 Å². The summed E-state index contributed by atoms with van der Waals surface area (Å²) in [6.07, 6.45) is 6.40. The molecule has 3 nitrogen and oxygen atoms in total. The molecular formula is C13H20N2OS. The smallest absolute Gasteiger partial charge is 0.237 e.